The summed E-state index contributed by atoms with van der Waals surface area (Å²) in [6.45, 7) is 2.12. The Bertz CT molecular complexity index is 760. The number of H-pyrrole nitrogens is 1. The molecule has 0 aromatic carbocycles. The zero-order chi connectivity index (χ0) is 13.9. The fourth-order valence-electron chi connectivity index (χ4n) is 1.86. The number of pyridine rings is 1. The van der Waals surface area contributed by atoms with Gasteiger partial charge in [-0.05, 0) is 30.8 Å². The smallest absolute Gasteiger partial charge is 0.284 e. The van der Waals surface area contributed by atoms with Crippen molar-refractivity contribution in [1.82, 2.24) is 20.2 Å². The van der Waals surface area contributed by atoms with Crippen LogP contribution in [0.15, 0.2) is 28.9 Å². The molecule has 0 amide bonds. The van der Waals surface area contributed by atoms with Crippen molar-refractivity contribution >= 4 is 23.6 Å². The topological polar surface area (TPSA) is 67.6 Å². The van der Waals surface area contributed by atoms with Crippen LogP contribution in [-0.4, -0.2) is 20.2 Å². The molecule has 3 rings (SSSR count). The van der Waals surface area contributed by atoms with Crippen molar-refractivity contribution in [3.63, 3.8) is 0 Å². The van der Waals surface area contributed by atoms with Crippen LogP contribution in [-0.2, 0) is 6.42 Å². The molecular formula is C13H12N4OS2. The first-order valence-electron chi connectivity index (χ1n) is 6.24. The molecule has 0 saturated carbocycles. The third-order valence-corrected chi connectivity index (χ3v) is 4.03. The molecule has 3 aromatic rings. The predicted octanol–water partition coefficient (Wildman–Crippen LogP) is 3.87. The van der Waals surface area contributed by atoms with Gasteiger partial charge in [0.25, 0.3) is 10.7 Å². The Hall–Kier alpha value is -1.86. The minimum Gasteiger partial charge on any atom is -0.408 e. The fourth-order valence-corrected chi connectivity index (χ4v) is 3.02. The Morgan fingerprint density at radius 3 is 3.00 bits per heavy atom. The maximum Gasteiger partial charge on any atom is 0.284 e. The van der Waals surface area contributed by atoms with Crippen molar-refractivity contribution in [2.75, 3.05) is 0 Å². The minimum absolute atomic E-state index is 0.277. The number of thiazole rings is 1. The summed E-state index contributed by atoms with van der Waals surface area (Å²) in [7, 11) is 0. The lowest BCUT2D eigenvalue weighted by molar-refractivity contribution is 0.552. The minimum atomic E-state index is 0.277. The normalized spacial score (nSPS) is 10.8. The first kappa shape index (κ1) is 13.1. The highest BCUT2D eigenvalue weighted by Crippen LogP contribution is 2.34. The van der Waals surface area contributed by atoms with Crippen molar-refractivity contribution in [3.05, 3.63) is 35.1 Å². The van der Waals surface area contributed by atoms with Gasteiger partial charge in [0.15, 0.2) is 0 Å². The molecule has 3 aromatic heterocycles. The molecule has 0 fully saturated rings. The lowest BCUT2D eigenvalue weighted by Crippen LogP contribution is -1.87. The molecule has 102 valence electrons. The van der Waals surface area contributed by atoms with Gasteiger partial charge >= 0.3 is 0 Å². The molecule has 0 bridgehead atoms. The molecule has 20 heavy (non-hydrogen) atoms. The maximum atomic E-state index is 5.41. The predicted molar refractivity (Wildman–Crippen MR) is 80.0 cm³/mol. The number of hydrogen-bond acceptors (Lipinski definition) is 6. The van der Waals surface area contributed by atoms with Crippen LogP contribution in [0, 0.1) is 4.84 Å². The lowest BCUT2D eigenvalue weighted by Gasteiger charge is -1.94. The van der Waals surface area contributed by atoms with E-state index in [1.54, 1.807) is 23.7 Å². The van der Waals surface area contributed by atoms with Crippen molar-refractivity contribution in [1.29, 1.82) is 0 Å². The zero-order valence-corrected chi connectivity index (χ0v) is 12.4. The average molecular weight is 304 g/mol. The van der Waals surface area contributed by atoms with Crippen LogP contribution in [0.5, 0.6) is 0 Å². The summed E-state index contributed by atoms with van der Waals surface area (Å²) in [6, 6.07) is 3.89. The van der Waals surface area contributed by atoms with E-state index in [0.29, 0.717) is 5.89 Å². The van der Waals surface area contributed by atoms with Crippen LogP contribution in [0.25, 0.3) is 21.3 Å². The number of rotatable bonds is 4. The fraction of sp³-hybridized carbons (Fsp3) is 0.231. The van der Waals surface area contributed by atoms with Gasteiger partial charge in [0.05, 0.1) is 5.69 Å². The van der Waals surface area contributed by atoms with Gasteiger partial charge in [-0.15, -0.1) is 16.4 Å². The van der Waals surface area contributed by atoms with E-state index in [-0.39, 0.29) is 4.84 Å². The van der Waals surface area contributed by atoms with Gasteiger partial charge in [-0.2, -0.15) is 0 Å². The van der Waals surface area contributed by atoms with Crippen LogP contribution < -0.4 is 0 Å². The molecule has 0 radical (unpaired) electrons. The van der Waals surface area contributed by atoms with E-state index < -0.39 is 0 Å². The van der Waals surface area contributed by atoms with Crippen LogP contribution in [0.3, 0.4) is 0 Å². The number of aryl methyl sites for hydroxylation is 1. The van der Waals surface area contributed by atoms with Crippen LogP contribution in [0.1, 0.15) is 19.0 Å². The third-order valence-electron chi connectivity index (χ3n) is 2.72. The molecular weight excluding hydrogens is 292 g/mol. The van der Waals surface area contributed by atoms with Crippen LogP contribution >= 0.6 is 23.6 Å². The van der Waals surface area contributed by atoms with E-state index in [0.717, 1.165) is 34.0 Å². The highest BCUT2D eigenvalue weighted by atomic mass is 32.1. The van der Waals surface area contributed by atoms with Gasteiger partial charge in [-0.25, -0.2) is 10.1 Å². The second-order valence-electron chi connectivity index (χ2n) is 4.20. The van der Waals surface area contributed by atoms with Gasteiger partial charge in [0.1, 0.15) is 9.88 Å². The summed E-state index contributed by atoms with van der Waals surface area (Å²) in [4.78, 5) is 10.0. The molecule has 5 nitrogen and oxygen atoms in total. The number of nitrogens with zero attached hydrogens (tertiary/aromatic N) is 3. The Morgan fingerprint density at radius 2 is 2.35 bits per heavy atom. The van der Waals surface area contributed by atoms with Crippen molar-refractivity contribution < 1.29 is 4.42 Å². The summed E-state index contributed by atoms with van der Waals surface area (Å²) < 4.78 is 5.41. The van der Waals surface area contributed by atoms with Gasteiger partial charge < -0.3 is 4.42 Å². The first-order chi connectivity index (χ1) is 9.78. The van der Waals surface area contributed by atoms with Crippen LogP contribution in [0.4, 0.5) is 0 Å². The number of aromatic nitrogens is 4. The highest BCUT2D eigenvalue weighted by molar-refractivity contribution is 7.71. The van der Waals surface area contributed by atoms with Gasteiger partial charge in [0.2, 0.25) is 0 Å². The molecule has 1 N–H and O–H groups in total. The molecule has 0 aliphatic heterocycles. The molecule has 0 aliphatic rings. The number of hydrogen-bond donors (Lipinski definition) is 1. The van der Waals surface area contributed by atoms with E-state index in [1.165, 1.54) is 0 Å². The summed E-state index contributed by atoms with van der Waals surface area (Å²) in [6.07, 6.45) is 5.44. The Morgan fingerprint density at radius 1 is 1.45 bits per heavy atom. The molecule has 0 spiro atoms. The highest BCUT2D eigenvalue weighted by Gasteiger charge is 2.17. The van der Waals surface area contributed by atoms with Gasteiger partial charge in [-0.3, -0.25) is 4.98 Å². The second kappa shape index (κ2) is 5.64. The summed E-state index contributed by atoms with van der Waals surface area (Å²) in [5.74, 6) is 0.506. The lowest BCUT2D eigenvalue weighted by atomic mass is 10.2. The van der Waals surface area contributed by atoms with Crippen LogP contribution in [0.2, 0.25) is 0 Å². The number of aromatic amines is 1. The van der Waals surface area contributed by atoms with Crippen molar-refractivity contribution in [2.24, 2.45) is 0 Å². The molecule has 3 heterocycles. The van der Waals surface area contributed by atoms with E-state index >= 15 is 0 Å². The van der Waals surface area contributed by atoms with E-state index in [4.69, 9.17) is 16.6 Å². The maximum absolute atomic E-state index is 5.41. The van der Waals surface area contributed by atoms with E-state index in [2.05, 4.69) is 27.1 Å². The Kier molecular flexibility index (Phi) is 3.70. The number of nitrogens with one attached hydrogen (secondary N) is 1. The summed E-state index contributed by atoms with van der Waals surface area (Å²) in [5.41, 5.74) is 1.98. The standard InChI is InChI=1S/C13H12N4OS2/c1-2-4-9-10(11-16-17-13(19)18-11)20-12(15-9)8-5-3-6-14-7-8/h3,5-7H,2,4H2,1H3,(H,17,19). The quantitative estimate of drug-likeness (QED) is 0.741. The second-order valence-corrected chi connectivity index (χ2v) is 5.57. The van der Waals surface area contributed by atoms with E-state index in [1.807, 2.05) is 12.1 Å². The molecule has 0 atom stereocenters. The molecule has 0 saturated heterocycles. The molecule has 7 heteroatoms. The van der Waals surface area contributed by atoms with Gasteiger partial charge in [0, 0.05) is 18.0 Å². The monoisotopic (exact) mass is 304 g/mol. The molecule has 0 aliphatic carbocycles. The van der Waals surface area contributed by atoms with Crippen molar-refractivity contribution in [3.8, 4) is 21.3 Å². The largest absolute Gasteiger partial charge is 0.408 e. The van der Waals surface area contributed by atoms with Gasteiger partial charge in [-0.1, -0.05) is 13.3 Å². The van der Waals surface area contributed by atoms with E-state index in [9.17, 15) is 0 Å². The van der Waals surface area contributed by atoms with Crippen molar-refractivity contribution in [2.45, 2.75) is 19.8 Å². The summed E-state index contributed by atoms with van der Waals surface area (Å²) >= 11 is 6.48. The SMILES string of the molecule is CCCc1nc(-c2cccnc2)sc1-c1n[nH]c(=S)o1. The zero-order valence-electron chi connectivity index (χ0n) is 10.8. The third kappa shape index (κ3) is 2.54. The first-order valence-corrected chi connectivity index (χ1v) is 7.46. The Balaban J connectivity index is 2.09. The molecule has 0 unspecified atom stereocenters. The average Bonchev–Trinajstić information content (AvgIpc) is 3.07. The summed E-state index contributed by atoms with van der Waals surface area (Å²) in [5, 5.41) is 7.66. The Labute approximate surface area is 124 Å².